The second kappa shape index (κ2) is 6.47. The molecule has 4 heteroatoms. The monoisotopic (exact) mass is 394 g/mol. The van der Waals surface area contributed by atoms with Gasteiger partial charge in [0.1, 0.15) is 11.4 Å². The van der Waals surface area contributed by atoms with Gasteiger partial charge in [0.25, 0.3) is 0 Å². The number of halogens is 1. The number of rotatable bonds is 3. The van der Waals surface area contributed by atoms with Gasteiger partial charge in [-0.25, -0.2) is 4.98 Å². The van der Waals surface area contributed by atoms with Gasteiger partial charge in [-0.2, -0.15) is 0 Å². The van der Waals surface area contributed by atoms with E-state index in [1.54, 1.807) is 0 Å². The van der Waals surface area contributed by atoms with Gasteiger partial charge in [-0.1, -0.05) is 0 Å². The van der Waals surface area contributed by atoms with Crippen LogP contribution in [0.15, 0.2) is 48.8 Å². The fraction of sp³-hybridized carbons (Fsp3) is 0.235. The van der Waals surface area contributed by atoms with Crippen molar-refractivity contribution in [3.05, 3.63) is 54.4 Å². The molecular weight excluding hydrogens is 375 g/mol. The summed E-state index contributed by atoms with van der Waals surface area (Å²) in [5, 5.41) is 0. The zero-order valence-electron chi connectivity index (χ0n) is 12.4. The highest BCUT2D eigenvalue weighted by atomic mass is 127. The molecule has 1 aromatic carbocycles. The van der Waals surface area contributed by atoms with Crippen molar-refractivity contribution in [2.45, 2.75) is 26.9 Å². The Bertz CT molecular complexity index is 732. The van der Waals surface area contributed by atoms with E-state index in [0.717, 1.165) is 22.7 Å². The van der Waals surface area contributed by atoms with E-state index in [0.29, 0.717) is 0 Å². The van der Waals surface area contributed by atoms with E-state index in [4.69, 9.17) is 4.74 Å². The Morgan fingerprint density at radius 1 is 1.10 bits per heavy atom. The molecule has 3 nitrogen and oxygen atoms in total. The van der Waals surface area contributed by atoms with E-state index in [-0.39, 0.29) is 30.1 Å². The number of aryl methyl sites for hydroxylation is 1. The number of benzene rings is 1. The second-order valence-electron chi connectivity index (χ2n) is 5.29. The average molecular weight is 394 g/mol. The number of aromatic nitrogens is 2. The van der Waals surface area contributed by atoms with Crippen molar-refractivity contribution >= 4 is 29.6 Å². The van der Waals surface area contributed by atoms with Crippen molar-refractivity contribution in [3.8, 4) is 17.0 Å². The van der Waals surface area contributed by atoms with E-state index in [1.165, 1.54) is 5.56 Å². The molecule has 3 rings (SSSR count). The van der Waals surface area contributed by atoms with Crippen LogP contribution in [0.1, 0.15) is 19.4 Å². The summed E-state index contributed by atoms with van der Waals surface area (Å²) >= 11 is 0. The summed E-state index contributed by atoms with van der Waals surface area (Å²) in [6.45, 7) is 6.13. The van der Waals surface area contributed by atoms with Crippen molar-refractivity contribution in [1.82, 2.24) is 9.38 Å². The van der Waals surface area contributed by atoms with Crippen molar-refractivity contribution in [1.29, 1.82) is 0 Å². The molecule has 2 heterocycles. The molecule has 0 saturated carbocycles. The molecule has 3 aromatic rings. The van der Waals surface area contributed by atoms with Crippen LogP contribution in [0, 0.1) is 6.92 Å². The molecule has 0 N–H and O–H groups in total. The van der Waals surface area contributed by atoms with Crippen LogP contribution >= 0.6 is 24.0 Å². The zero-order valence-corrected chi connectivity index (χ0v) is 14.7. The second-order valence-corrected chi connectivity index (χ2v) is 5.29. The van der Waals surface area contributed by atoms with Crippen LogP contribution in [-0.4, -0.2) is 15.5 Å². The number of fused-ring (bicyclic) bond motifs is 1. The van der Waals surface area contributed by atoms with E-state index in [2.05, 4.69) is 24.0 Å². The molecule has 110 valence electrons. The highest BCUT2D eigenvalue weighted by Gasteiger charge is 2.05. The molecule has 0 fully saturated rings. The fourth-order valence-corrected chi connectivity index (χ4v) is 2.20. The summed E-state index contributed by atoms with van der Waals surface area (Å²) in [7, 11) is 0. The standard InChI is InChI=1S/C17H18N2O.HI/c1-12(2)20-15-6-4-14(5-7-15)16-11-19-9-8-13(3)10-17(19)18-16;/h4-12H,1-3H3;1H. The lowest BCUT2D eigenvalue weighted by atomic mass is 10.1. The van der Waals surface area contributed by atoms with Crippen LogP contribution in [0.3, 0.4) is 0 Å². The topological polar surface area (TPSA) is 26.5 Å². The van der Waals surface area contributed by atoms with Gasteiger partial charge >= 0.3 is 0 Å². The molecule has 0 radical (unpaired) electrons. The number of pyridine rings is 1. The molecule has 21 heavy (non-hydrogen) atoms. The largest absolute Gasteiger partial charge is 0.491 e. The highest BCUT2D eigenvalue weighted by molar-refractivity contribution is 14.0. The molecular formula is C17H19IN2O. The third-order valence-corrected chi connectivity index (χ3v) is 3.14. The zero-order chi connectivity index (χ0) is 14.1. The first-order valence-corrected chi connectivity index (χ1v) is 6.84. The van der Waals surface area contributed by atoms with Gasteiger partial charge in [0.05, 0.1) is 11.8 Å². The number of imidazole rings is 1. The summed E-state index contributed by atoms with van der Waals surface area (Å²) in [4.78, 5) is 4.66. The first kappa shape index (κ1) is 15.8. The van der Waals surface area contributed by atoms with E-state index in [9.17, 15) is 0 Å². The van der Waals surface area contributed by atoms with E-state index >= 15 is 0 Å². The van der Waals surface area contributed by atoms with Gasteiger partial charge in [0.2, 0.25) is 0 Å². The van der Waals surface area contributed by atoms with Crippen LogP contribution in [0.4, 0.5) is 0 Å². The van der Waals surface area contributed by atoms with Gasteiger partial charge in [-0.05, 0) is 62.7 Å². The molecule has 0 unspecified atom stereocenters. The molecule has 2 aromatic heterocycles. The van der Waals surface area contributed by atoms with Crippen LogP contribution < -0.4 is 4.74 Å². The van der Waals surface area contributed by atoms with Gasteiger partial charge in [0.15, 0.2) is 0 Å². The SMILES string of the molecule is Cc1ccn2cc(-c3ccc(OC(C)C)cc3)nc2c1.I. The average Bonchev–Trinajstić information content (AvgIpc) is 2.81. The third-order valence-electron chi connectivity index (χ3n) is 3.14. The Morgan fingerprint density at radius 3 is 2.48 bits per heavy atom. The molecule has 0 spiro atoms. The molecule has 0 atom stereocenters. The lowest BCUT2D eigenvalue weighted by molar-refractivity contribution is 0.242. The summed E-state index contributed by atoms with van der Waals surface area (Å²) < 4.78 is 7.70. The van der Waals surface area contributed by atoms with Crippen molar-refractivity contribution in [2.24, 2.45) is 0 Å². The summed E-state index contributed by atoms with van der Waals surface area (Å²) in [5.41, 5.74) is 4.27. The van der Waals surface area contributed by atoms with E-state index in [1.807, 2.05) is 54.9 Å². The molecule has 0 aliphatic rings. The Hall–Kier alpha value is -1.56. The Labute approximate surface area is 142 Å². The minimum absolute atomic E-state index is 0. The molecule has 0 aliphatic carbocycles. The summed E-state index contributed by atoms with van der Waals surface area (Å²) in [5.74, 6) is 0.892. The first-order valence-electron chi connectivity index (χ1n) is 6.84. The van der Waals surface area contributed by atoms with E-state index < -0.39 is 0 Å². The maximum atomic E-state index is 5.65. The number of hydrogen-bond donors (Lipinski definition) is 0. The molecule has 0 aliphatic heterocycles. The van der Waals surface area contributed by atoms with Crippen LogP contribution in [0.5, 0.6) is 5.75 Å². The third kappa shape index (κ3) is 3.56. The maximum Gasteiger partial charge on any atom is 0.137 e. The molecule has 0 amide bonds. The Balaban J connectivity index is 0.00000161. The number of hydrogen-bond acceptors (Lipinski definition) is 2. The lowest BCUT2D eigenvalue weighted by Gasteiger charge is -2.09. The van der Waals surface area contributed by atoms with Crippen LogP contribution in [-0.2, 0) is 0 Å². The Morgan fingerprint density at radius 2 is 1.81 bits per heavy atom. The number of ether oxygens (including phenoxy) is 1. The lowest BCUT2D eigenvalue weighted by Crippen LogP contribution is -2.05. The Kier molecular flexibility index (Phi) is 4.88. The van der Waals surface area contributed by atoms with Crippen molar-refractivity contribution < 1.29 is 4.74 Å². The normalized spacial score (nSPS) is 10.7. The first-order chi connectivity index (χ1) is 9.61. The van der Waals surface area contributed by atoms with Gasteiger partial charge in [0, 0.05) is 18.0 Å². The maximum absolute atomic E-state index is 5.65. The summed E-state index contributed by atoms with van der Waals surface area (Å²) in [6, 6.07) is 12.2. The van der Waals surface area contributed by atoms with Gasteiger partial charge in [-0.3, -0.25) is 0 Å². The summed E-state index contributed by atoms with van der Waals surface area (Å²) in [6.07, 6.45) is 4.28. The molecule has 0 bridgehead atoms. The number of nitrogens with zero attached hydrogens (tertiary/aromatic N) is 2. The minimum Gasteiger partial charge on any atom is -0.491 e. The minimum atomic E-state index is 0. The van der Waals surface area contributed by atoms with Crippen molar-refractivity contribution in [2.75, 3.05) is 0 Å². The predicted molar refractivity (Wildman–Crippen MR) is 96.5 cm³/mol. The van der Waals surface area contributed by atoms with Crippen LogP contribution in [0.25, 0.3) is 16.9 Å². The van der Waals surface area contributed by atoms with Gasteiger partial charge < -0.3 is 9.14 Å². The van der Waals surface area contributed by atoms with Gasteiger partial charge in [-0.15, -0.1) is 24.0 Å². The van der Waals surface area contributed by atoms with Crippen molar-refractivity contribution in [3.63, 3.8) is 0 Å². The molecule has 0 saturated heterocycles. The quantitative estimate of drug-likeness (QED) is 0.602. The predicted octanol–water partition coefficient (Wildman–Crippen LogP) is 4.71. The fourth-order valence-electron chi connectivity index (χ4n) is 2.20. The highest BCUT2D eigenvalue weighted by Crippen LogP contribution is 2.23. The smallest absolute Gasteiger partial charge is 0.137 e. The van der Waals surface area contributed by atoms with Crippen LogP contribution in [0.2, 0.25) is 0 Å².